The molecule has 0 unspecified atom stereocenters. The molecule has 4 heteroatoms. The Balaban J connectivity index is 2.28. The van der Waals surface area contributed by atoms with Crippen LogP contribution in [0.2, 0.25) is 0 Å². The van der Waals surface area contributed by atoms with E-state index in [1.165, 1.54) is 0 Å². The van der Waals surface area contributed by atoms with Crippen LogP contribution in [0.25, 0.3) is 16.7 Å². The summed E-state index contributed by atoms with van der Waals surface area (Å²) in [5.74, 6) is 0. The van der Waals surface area contributed by atoms with Crippen molar-refractivity contribution in [2.75, 3.05) is 5.73 Å². The van der Waals surface area contributed by atoms with E-state index in [-0.39, 0.29) is 0 Å². The molecule has 19 heavy (non-hydrogen) atoms. The molecule has 0 amide bonds. The summed E-state index contributed by atoms with van der Waals surface area (Å²) >= 11 is 0. The third-order valence-electron chi connectivity index (χ3n) is 3.17. The van der Waals surface area contributed by atoms with Crippen LogP contribution >= 0.6 is 0 Å². The molecular formula is C15H12N4. The number of nitrogens with two attached hydrogens (primary N) is 1. The van der Waals surface area contributed by atoms with Crippen molar-refractivity contribution < 1.29 is 0 Å². The van der Waals surface area contributed by atoms with Crippen molar-refractivity contribution in [1.82, 2.24) is 9.55 Å². The first-order valence-corrected chi connectivity index (χ1v) is 5.93. The molecule has 0 saturated heterocycles. The van der Waals surface area contributed by atoms with Crippen molar-refractivity contribution in [3.05, 3.63) is 53.9 Å². The van der Waals surface area contributed by atoms with Gasteiger partial charge < -0.3 is 5.73 Å². The molecule has 0 saturated carbocycles. The van der Waals surface area contributed by atoms with Crippen molar-refractivity contribution in [1.29, 1.82) is 5.26 Å². The highest BCUT2D eigenvalue weighted by molar-refractivity contribution is 5.81. The van der Waals surface area contributed by atoms with Crippen LogP contribution in [0, 0.1) is 18.3 Å². The molecule has 2 aromatic carbocycles. The molecule has 1 heterocycles. The summed E-state index contributed by atoms with van der Waals surface area (Å²) in [5.41, 5.74) is 11.0. The Kier molecular flexibility index (Phi) is 2.46. The predicted molar refractivity (Wildman–Crippen MR) is 74.9 cm³/mol. The summed E-state index contributed by atoms with van der Waals surface area (Å²) in [6, 6.07) is 13.4. The molecule has 1 aromatic heterocycles. The fourth-order valence-corrected chi connectivity index (χ4v) is 2.16. The lowest BCUT2D eigenvalue weighted by Gasteiger charge is -2.08. The third kappa shape index (κ3) is 1.81. The number of nitriles is 1. The first-order valence-electron chi connectivity index (χ1n) is 5.93. The second-order valence-corrected chi connectivity index (χ2v) is 4.48. The highest BCUT2D eigenvalue weighted by Gasteiger charge is 2.08. The lowest BCUT2D eigenvalue weighted by molar-refractivity contribution is 1.07. The largest absolute Gasteiger partial charge is 0.399 e. The van der Waals surface area contributed by atoms with Crippen LogP contribution in [0.3, 0.4) is 0 Å². The van der Waals surface area contributed by atoms with E-state index < -0.39 is 0 Å². The van der Waals surface area contributed by atoms with Gasteiger partial charge in [-0.25, -0.2) is 4.98 Å². The zero-order chi connectivity index (χ0) is 13.4. The first kappa shape index (κ1) is 11.3. The number of nitrogens with zero attached hydrogens (tertiary/aromatic N) is 3. The zero-order valence-corrected chi connectivity index (χ0v) is 10.5. The predicted octanol–water partition coefficient (Wildman–Crippen LogP) is 2.79. The SMILES string of the molecule is Cc1ccc(C#N)cc1-n1cnc2cc(N)ccc21. The van der Waals surface area contributed by atoms with Gasteiger partial charge in [0.15, 0.2) is 0 Å². The Hall–Kier alpha value is -2.80. The second kappa shape index (κ2) is 4.14. The van der Waals surface area contributed by atoms with Crippen LogP contribution in [0.15, 0.2) is 42.7 Å². The smallest absolute Gasteiger partial charge is 0.100 e. The van der Waals surface area contributed by atoms with Gasteiger partial charge in [-0.15, -0.1) is 0 Å². The van der Waals surface area contributed by atoms with Gasteiger partial charge in [0.05, 0.1) is 28.4 Å². The second-order valence-electron chi connectivity index (χ2n) is 4.48. The minimum atomic E-state index is 0.637. The molecule has 0 spiro atoms. The maximum absolute atomic E-state index is 9.01. The van der Waals surface area contributed by atoms with E-state index in [0.717, 1.165) is 22.3 Å². The first-order chi connectivity index (χ1) is 9.19. The Bertz CT molecular complexity index is 809. The number of hydrogen-bond acceptors (Lipinski definition) is 3. The van der Waals surface area contributed by atoms with Crippen molar-refractivity contribution in [3.8, 4) is 11.8 Å². The molecule has 0 fully saturated rings. The normalized spacial score (nSPS) is 10.5. The molecule has 4 nitrogen and oxygen atoms in total. The Morgan fingerprint density at radius 2 is 2.05 bits per heavy atom. The fourth-order valence-electron chi connectivity index (χ4n) is 2.16. The highest BCUT2D eigenvalue weighted by atomic mass is 15.0. The topological polar surface area (TPSA) is 67.6 Å². The van der Waals surface area contributed by atoms with Gasteiger partial charge in [0.1, 0.15) is 6.33 Å². The van der Waals surface area contributed by atoms with Gasteiger partial charge in [-0.05, 0) is 42.8 Å². The van der Waals surface area contributed by atoms with Crippen molar-refractivity contribution in [2.45, 2.75) is 6.92 Å². The summed E-state index contributed by atoms with van der Waals surface area (Å²) in [6.45, 7) is 2.01. The van der Waals surface area contributed by atoms with E-state index in [2.05, 4.69) is 11.1 Å². The van der Waals surface area contributed by atoms with E-state index in [1.54, 1.807) is 6.33 Å². The quantitative estimate of drug-likeness (QED) is 0.673. The van der Waals surface area contributed by atoms with Crippen LogP contribution in [-0.2, 0) is 0 Å². The minimum absolute atomic E-state index is 0.637. The van der Waals surface area contributed by atoms with Crippen molar-refractivity contribution in [3.63, 3.8) is 0 Å². The van der Waals surface area contributed by atoms with Gasteiger partial charge in [0, 0.05) is 5.69 Å². The Morgan fingerprint density at radius 1 is 1.21 bits per heavy atom. The average Bonchev–Trinajstić information content (AvgIpc) is 2.82. The molecule has 0 aliphatic carbocycles. The van der Waals surface area contributed by atoms with E-state index in [4.69, 9.17) is 11.0 Å². The van der Waals surface area contributed by atoms with Crippen LogP contribution in [0.4, 0.5) is 5.69 Å². The van der Waals surface area contributed by atoms with Crippen molar-refractivity contribution >= 4 is 16.7 Å². The van der Waals surface area contributed by atoms with Gasteiger partial charge >= 0.3 is 0 Å². The van der Waals surface area contributed by atoms with E-state index in [0.29, 0.717) is 11.3 Å². The van der Waals surface area contributed by atoms with Crippen LogP contribution in [-0.4, -0.2) is 9.55 Å². The lowest BCUT2D eigenvalue weighted by atomic mass is 10.1. The lowest BCUT2D eigenvalue weighted by Crippen LogP contribution is -1.96. The highest BCUT2D eigenvalue weighted by Crippen LogP contribution is 2.23. The monoisotopic (exact) mass is 248 g/mol. The van der Waals surface area contributed by atoms with Gasteiger partial charge in [0.2, 0.25) is 0 Å². The van der Waals surface area contributed by atoms with Gasteiger partial charge in [0.25, 0.3) is 0 Å². The number of nitrogen functional groups attached to an aromatic ring is 1. The number of hydrogen-bond donors (Lipinski definition) is 1. The molecule has 3 aromatic rings. The maximum atomic E-state index is 9.01. The number of fused-ring (bicyclic) bond motifs is 1. The fraction of sp³-hybridized carbons (Fsp3) is 0.0667. The number of aromatic nitrogens is 2. The summed E-state index contributed by atoms with van der Waals surface area (Å²) in [6.07, 6.45) is 1.76. The van der Waals surface area contributed by atoms with Gasteiger partial charge in [-0.2, -0.15) is 5.26 Å². The molecule has 0 atom stereocenters. The molecule has 0 bridgehead atoms. The molecule has 92 valence electrons. The summed E-state index contributed by atoms with van der Waals surface area (Å²) in [7, 11) is 0. The number of benzene rings is 2. The molecule has 0 aliphatic heterocycles. The van der Waals surface area contributed by atoms with Gasteiger partial charge in [-0.1, -0.05) is 6.07 Å². The number of rotatable bonds is 1. The van der Waals surface area contributed by atoms with Crippen LogP contribution < -0.4 is 5.73 Å². The minimum Gasteiger partial charge on any atom is -0.399 e. The number of anilines is 1. The van der Waals surface area contributed by atoms with Crippen molar-refractivity contribution in [2.24, 2.45) is 0 Å². The summed E-state index contributed by atoms with van der Waals surface area (Å²) in [4.78, 5) is 4.35. The number of imidazole rings is 1. The van der Waals surface area contributed by atoms with Crippen LogP contribution in [0.5, 0.6) is 0 Å². The molecule has 0 aliphatic rings. The van der Waals surface area contributed by atoms with E-state index in [1.807, 2.05) is 47.9 Å². The standard InChI is InChI=1S/C15H12N4/c1-10-2-3-11(8-16)6-15(10)19-9-18-13-7-12(17)4-5-14(13)19/h2-7,9H,17H2,1H3. The van der Waals surface area contributed by atoms with E-state index >= 15 is 0 Å². The molecule has 0 radical (unpaired) electrons. The summed E-state index contributed by atoms with van der Waals surface area (Å²) < 4.78 is 1.98. The Labute approximate surface area is 110 Å². The molecule has 2 N–H and O–H groups in total. The third-order valence-corrected chi connectivity index (χ3v) is 3.17. The number of aryl methyl sites for hydroxylation is 1. The Morgan fingerprint density at radius 3 is 2.84 bits per heavy atom. The van der Waals surface area contributed by atoms with Crippen LogP contribution in [0.1, 0.15) is 11.1 Å². The maximum Gasteiger partial charge on any atom is 0.100 e. The average molecular weight is 248 g/mol. The zero-order valence-electron chi connectivity index (χ0n) is 10.5. The molecule has 3 rings (SSSR count). The summed E-state index contributed by atoms with van der Waals surface area (Å²) in [5, 5.41) is 9.01. The van der Waals surface area contributed by atoms with E-state index in [9.17, 15) is 0 Å². The molecular weight excluding hydrogens is 236 g/mol. The van der Waals surface area contributed by atoms with Gasteiger partial charge in [-0.3, -0.25) is 4.57 Å².